The molecule has 1 aliphatic carbocycles. The van der Waals surface area contributed by atoms with Gasteiger partial charge in [-0.2, -0.15) is 0 Å². The number of aliphatic hydroxyl groups is 1. The van der Waals surface area contributed by atoms with E-state index in [4.69, 9.17) is 16.0 Å². The molecule has 0 radical (unpaired) electrons. The molecule has 6 heteroatoms. The molecule has 18 heavy (non-hydrogen) atoms. The number of oxime groups is 1. The number of nitrogens with zero attached hydrogens (tertiary/aromatic N) is 2. The van der Waals surface area contributed by atoms with E-state index in [9.17, 15) is 4.79 Å². The molecule has 104 valence electrons. The molecular weight excluding hydrogens is 234 g/mol. The molecule has 0 atom stereocenters. The Kier molecular flexibility index (Phi) is 5.40. The average molecular weight is 257 g/mol. The summed E-state index contributed by atoms with van der Waals surface area (Å²) in [6.07, 6.45) is 4.75. The molecule has 0 aliphatic heterocycles. The van der Waals surface area contributed by atoms with Crippen LogP contribution in [0.5, 0.6) is 0 Å². The number of nitrogens with two attached hydrogens (primary N) is 1. The second-order valence-corrected chi connectivity index (χ2v) is 4.93. The second-order valence-electron chi connectivity index (χ2n) is 4.93. The van der Waals surface area contributed by atoms with Crippen molar-refractivity contribution in [3.8, 4) is 0 Å². The molecule has 1 saturated carbocycles. The van der Waals surface area contributed by atoms with E-state index in [0.717, 1.165) is 25.7 Å². The zero-order valence-corrected chi connectivity index (χ0v) is 10.9. The van der Waals surface area contributed by atoms with Gasteiger partial charge in [-0.1, -0.05) is 11.6 Å². The fraction of sp³-hybridized carbons (Fsp3) is 0.833. The van der Waals surface area contributed by atoms with E-state index in [1.54, 1.807) is 11.9 Å². The third kappa shape index (κ3) is 2.93. The van der Waals surface area contributed by atoms with Gasteiger partial charge in [-0.05, 0) is 32.1 Å². The van der Waals surface area contributed by atoms with Crippen molar-refractivity contribution in [1.82, 2.24) is 4.90 Å². The van der Waals surface area contributed by atoms with Crippen LogP contribution in [0.4, 0.5) is 0 Å². The Labute approximate surface area is 107 Å². The largest absolute Gasteiger partial charge is 0.409 e. The second kappa shape index (κ2) is 6.58. The molecule has 4 N–H and O–H groups in total. The maximum Gasteiger partial charge on any atom is 0.236 e. The van der Waals surface area contributed by atoms with Crippen molar-refractivity contribution in [1.29, 1.82) is 0 Å². The Bertz CT molecular complexity index is 314. The van der Waals surface area contributed by atoms with Gasteiger partial charge in [0, 0.05) is 20.2 Å². The molecule has 6 nitrogen and oxygen atoms in total. The number of hydrogen-bond donors (Lipinski definition) is 3. The molecule has 0 aromatic heterocycles. The Morgan fingerprint density at radius 1 is 1.39 bits per heavy atom. The van der Waals surface area contributed by atoms with Gasteiger partial charge in [-0.3, -0.25) is 4.79 Å². The summed E-state index contributed by atoms with van der Waals surface area (Å²) in [5.41, 5.74) is 4.87. The lowest BCUT2D eigenvalue weighted by Gasteiger charge is -2.41. The van der Waals surface area contributed by atoms with Crippen LogP contribution >= 0.6 is 0 Å². The van der Waals surface area contributed by atoms with Crippen LogP contribution < -0.4 is 5.73 Å². The Morgan fingerprint density at radius 2 is 2.06 bits per heavy atom. The van der Waals surface area contributed by atoms with Crippen LogP contribution in [0.3, 0.4) is 0 Å². The number of carbonyl (C=O) groups excluding carboxylic acids is 1. The summed E-state index contributed by atoms with van der Waals surface area (Å²) in [5, 5.41) is 20.5. The minimum atomic E-state index is -0.777. The molecule has 0 aromatic rings. The first kappa shape index (κ1) is 14.8. The van der Waals surface area contributed by atoms with Crippen LogP contribution in [0.15, 0.2) is 5.16 Å². The van der Waals surface area contributed by atoms with Crippen molar-refractivity contribution in [2.24, 2.45) is 16.3 Å². The van der Waals surface area contributed by atoms with Gasteiger partial charge in [-0.15, -0.1) is 0 Å². The van der Waals surface area contributed by atoms with Gasteiger partial charge < -0.3 is 20.9 Å². The average Bonchev–Trinajstić information content (AvgIpc) is 2.32. The molecule has 1 aliphatic rings. The number of rotatable bonds is 7. The number of carbonyl (C=O) groups is 1. The van der Waals surface area contributed by atoms with E-state index in [2.05, 4.69) is 5.16 Å². The molecule has 0 spiro atoms. The maximum atomic E-state index is 12.3. The number of amidine groups is 1. The fourth-order valence-electron chi connectivity index (χ4n) is 2.31. The molecule has 0 heterocycles. The Hall–Kier alpha value is -1.30. The van der Waals surface area contributed by atoms with E-state index in [1.165, 1.54) is 0 Å². The molecule has 0 unspecified atom stereocenters. The normalized spacial score (nSPS) is 18.2. The highest BCUT2D eigenvalue weighted by Gasteiger charge is 2.49. The zero-order chi connectivity index (χ0) is 13.6. The summed E-state index contributed by atoms with van der Waals surface area (Å²) in [6, 6.07) is 0. The van der Waals surface area contributed by atoms with Crippen LogP contribution in [-0.4, -0.2) is 47.2 Å². The van der Waals surface area contributed by atoms with Crippen molar-refractivity contribution in [3.63, 3.8) is 0 Å². The summed E-state index contributed by atoms with van der Waals surface area (Å²) in [6.45, 7) is 0.824. The van der Waals surface area contributed by atoms with Crippen molar-refractivity contribution < 1.29 is 15.1 Å². The predicted octanol–water partition coefficient (Wildman–Crippen LogP) is 0.524. The third-order valence-electron chi connectivity index (χ3n) is 3.71. The smallest absolute Gasteiger partial charge is 0.236 e. The Balaban J connectivity index is 2.51. The van der Waals surface area contributed by atoms with Gasteiger partial charge in [0.1, 0.15) is 5.41 Å². The number of aliphatic hydroxyl groups excluding tert-OH is 1. The van der Waals surface area contributed by atoms with Gasteiger partial charge >= 0.3 is 0 Å². The lowest BCUT2D eigenvalue weighted by molar-refractivity contribution is -0.140. The molecule has 1 amide bonds. The summed E-state index contributed by atoms with van der Waals surface area (Å²) < 4.78 is 0. The first-order valence-electron chi connectivity index (χ1n) is 6.43. The van der Waals surface area contributed by atoms with Crippen molar-refractivity contribution in [3.05, 3.63) is 0 Å². The SMILES string of the molecule is CN(CCCCCO)C(=O)C1(C(N)=NO)CCC1. The Morgan fingerprint density at radius 3 is 2.50 bits per heavy atom. The van der Waals surface area contributed by atoms with Crippen molar-refractivity contribution >= 4 is 11.7 Å². The van der Waals surface area contributed by atoms with Crippen LogP contribution in [0.2, 0.25) is 0 Å². The molecule has 0 aromatic carbocycles. The summed E-state index contributed by atoms with van der Waals surface area (Å²) in [4.78, 5) is 14.0. The molecular formula is C12H23N3O3. The van der Waals surface area contributed by atoms with E-state index in [-0.39, 0.29) is 18.3 Å². The van der Waals surface area contributed by atoms with E-state index >= 15 is 0 Å². The molecule has 0 bridgehead atoms. The first-order valence-corrected chi connectivity index (χ1v) is 6.43. The standard InChI is InChI=1S/C12H23N3O3/c1-15(8-3-2-4-9-16)11(17)12(6-5-7-12)10(13)14-18/h16,18H,2-9H2,1H3,(H2,13,14). The highest BCUT2D eigenvalue weighted by molar-refractivity contribution is 6.07. The number of unbranched alkanes of at least 4 members (excludes halogenated alkanes) is 2. The topological polar surface area (TPSA) is 99.2 Å². The lowest BCUT2D eigenvalue weighted by Crippen LogP contribution is -2.54. The van der Waals surface area contributed by atoms with E-state index in [1.807, 2.05) is 0 Å². The summed E-state index contributed by atoms with van der Waals surface area (Å²) in [7, 11) is 1.74. The van der Waals surface area contributed by atoms with Crippen molar-refractivity contribution in [2.75, 3.05) is 20.2 Å². The highest BCUT2D eigenvalue weighted by Crippen LogP contribution is 2.42. The summed E-state index contributed by atoms with van der Waals surface area (Å²) in [5.74, 6) is -0.0333. The fourth-order valence-corrected chi connectivity index (χ4v) is 2.31. The van der Waals surface area contributed by atoms with Crippen LogP contribution in [0, 0.1) is 5.41 Å². The van der Waals surface area contributed by atoms with Gasteiger partial charge in [-0.25, -0.2) is 0 Å². The number of amides is 1. The van der Waals surface area contributed by atoms with Crippen LogP contribution in [0.25, 0.3) is 0 Å². The van der Waals surface area contributed by atoms with E-state index < -0.39 is 5.41 Å². The van der Waals surface area contributed by atoms with Gasteiger partial charge in [0.2, 0.25) is 5.91 Å². The van der Waals surface area contributed by atoms with Crippen LogP contribution in [-0.2, 0) is 4.79 Å². The predicted molar refractivity (Wildman–Crippen MR) is 68.3 cm³/mol. The van der Waals surface area contributed by atoms with E-state index in [0.29, 0.717) is 19.4 Å². The lowest BCUT2D eigenvalue weighted by atomic mass is 9.67. The highest BCUT2D eigenvalue weighted by atomic mass is 16.4. The zero-order valence-electron chi connectivity index (χ0n) is 10.9. The molecule has 1 rings (SSSR count). The van der Waals surface area contributed by atoms with Crippen molar-refractivity contribution in [2.45, 2.75) is 38.5 Å². The first-order chi connectivity index (χ1) is 8.58. The van der Waals surface area contributed by atoms with Crippen LogP contribution in [0.1, 0.15) is 38.5 Å². The summed E-state index contributed by atoms with van der Waals surface area (Å²) >= 11 is 0. The maximum absolute atomic E-state index is 12.3. The number of hydrogen-bond acceptors (Lipinski definition) is 4. The molecule has 1 fully saturated rings. The quantitative estimate of drug-likeness (QED) is 0.203. The third-order valence-corrected chi connectivity index (χ3v) is 3.71. The monoisotopic (exact) mass is 257 g/mol. The molecule has 0 saturated heterocycles. The van der Waals surface area contributed by atoms with Gasteiger partial charge in [0.05, 0.1) is 0 Å². The minimum Gasteiger partial charge on any atom is -0.409 e. The van der Waals surface area contributed by atoms with Gasteiger partial charge in [0.25, 0.3) is 0 Å². The minimum absolute atomic E-state index is 0.0287. The van der Waals surface area contributed by atoms with Gasteiger partial charge in [0.15, 0.2) is 5.84 Å².